The first kappa shape index (κ1) is 16.1. The number of esters is 1. The van der Waals surface area contributed by atoms with Crippen LogP contribution in [0.25, 0.3) is 11.0 Å². The Labute approximate surface area is 141 Å². The molecule has 0 unspecified atom stereocenters. The van der Waals surface area contributed by atoms with E-state index >= 15 is 0 Å². The van der Waals surface area contributed by atoms with Gasteiger partial charge in [-0.25, -0.2) is 9.59 Å². The van der Waals surface area contributed by atoms with E-state index in [1.165, 1.54) is 37.1 Å². The van der Waals surface area contributed by atoms with Gasteiger partial charge in [-0.05, 0) is 37.3 Å². The van der Waals surface area contributed by atoms with Crippen LogP contribution in [0.4, 0.5) is 0 Å². The molecule has 0 aliphatic rings. The SMILES string of the molecule is COC(=O)c1cc2cc(O)cc(Sc3ccc(C)cc3)c2oc1=O. The minimum atomic E-state index is -0.776. The first-order chi connectivity index (χ1) is 11.5. The van der Waals surface area contributed by atoms with E-state index in [9.17, 15) is 14.7 Å². The van der Waals surface area contributed by atoms with Crippen molar-refractivity contribution < 1.29 is 19.1 Å². The fourth-order valence-electron chi connectivity index (χ4n) is 2.25. The van der Waals surface area contributed by atoms with Crippen LogP contribution in [0.15, 0.2) is 61.5 Å². The van der Waals surface area contributed by atoms with Crippen molar-refractivity contribution in [2.75, 3.05) is 7.11 Å². The van der Waals surface area contributed by atoms with Gasteiger partial charge in [-0.15, -0.1) is 0 Å². The van der Waals surface area contributed by atoms with Crippen molar-refractivity contribution in [2.24, 2.45) is 0 Å². The summed E-state index contributed by atoms with van der Waals surface area (Å²) >= 11 is 1.36. The lowest BCUT2D eigenvalue weighted by Gasteiger charge is -2.08. The van der Waals surface area contributed by atoms with Gasteiger partial charge in [-0.2, -0.15) is 0 Å². The van der Waals surface area contributed by atoms with Gasteiger partial charge in [-0.1, -0.05) is 29.5 Å². The summed E-state index contributed by atoms with van der Waals surface area (Å²) < 4.78 is 9.88. The topological polar surface area (TPSA) is 76.7 Å². The highest BCUT2D eigenvalue weighted by atomic mass is 32.2. The second kappa shape index (κ2) is 6.41. The second-order valence-corrected chi connectivity index (χ2v) is 6.33. The molecule has 0 atom stereocenters. The molecule has 0 radical (unpaired) electrons. The van der Waals surface area contributed by atoms with Crippen molar-refractivity contribution in [2.45, 2.75) is 16.7 Å². The summed E-state index contributed by atoms with van der Waals surface area (Å²) in [6.07, 6.45) is 0. The second-order valence-electron chi connectivity index (χ2n) is 5.22. The number of phenols is 1. The molecular weight excluding hydrogens is 328 g/mol. The van der Waals surface area contributed by atoms with Crippen LogP contribution in [0.1, 0.15) is 15.9 Å². The zero-order chi connectivity index (χ0) is 17.3. The third kappa shape index (κ3) is 3.14. The maximum absolute atomic E-state index is 12.0. The molecule has 3 rings (SSSR count). The van der Waals surface area contributed by atoms with Crippen molar-refractivity contribution in [3.05, 3.63) is 64.0 Å². The number of carbonyl (C=O) groups is 1. The molecule has 0 bridgehead atoms. The molecule has 0 saturated heterocycles. The summed E-state index contributed by atoms with van der Waals surface area (Å²) in [5.41, 5.74) is 0.470. The van der Waals surface area contributed by atoms with E-state index in [4.69, 9.17) is 4.42 Å². The Balaban J connectivity index is 2.14. The van der Waals surface area contributed by atoms with Crippen LogP contribution >= 0.6 is 11.8 Å². The molecule has 0 aliphatic carbocycles. The van der Waals surface area contributed by atoms with Crippen molar-refractivity contribution in [3.8, 4) is 5.75 Å². The Kier molecular flexibility index (Phi) is 4.31. The number of aryl methyl sites for hydroxylation is 1. The molecule has 122 valence electrons. The molecule has 1 heterocycles. The highest BCUT2D eigenvalue weighted by Crippen LogP contribution is 2.36. The number of hydrogen-bond donors (Lipinski definition) is 1. The molecule has 3 aromatic rings. The monoisotopic (exact) mass is 342 g/mol. The number of ether oxygens (including phenoxy) is 1. The number of fused-ring (bicyclic) bond motifs is 1. The quantitative estimate of drug-likeness (QED) is 0.577. The summed E-state index contributed by atoms with van der Waals surface area (Å²) in [5.74, 6) is -0.761. The van der Waals surface area contributed by atoms with E-state index in [1.807, 2.05) is 31.2 Å². The maximum Gasteiger partial charge on any atom is 0.351 e. The van der Waals surface area contributed by atoms with E-state index in [0.29, 0.717) is 15.9 Å². The molecule has 24 heavy (non-hydrogen) atoms. The summed E-state index contributed by atoms with van der Waals surface area (Å²) in [5, 5.41) is 10.4. The fourth-order valence-corrected chi connectivity index (χ4v) is 3.21. The molecule has 0 aliphatic heterocycles. The van der Waals surface area contributed by atoms with Crippen molar-refractivity contribution in [1.29, 1.82) is 0 Å². The summed E-state index contributed by atoms with van der Waals surface area (Å²) in [4.78, 5) is 25.2. The summed E-state index contributed by atoms with van der Waals surface area (Å²) in [6.45, 7) is 1.99. The van der Waals surface area contributed by atoms with Crippen molar-refractivity contribution in [1.82, 2.24) is 0 Å². The molecule has 0 amide bonds. The lowest BCUT2D eigenvalue weighted by molar-refractivity contribution is 0.0596. The highest BCUT2D eigenvalue weighted by molar-refractivity contribution is 7.99. The molecule has 1 aromatic heterocycles. The van der Waals surface area contributed by atoms with Gasteiger partial charge in [0.05, 0.1) is 12.0 Å². The largest absolute Gasteiger partial charge is 0.508 e. The minimum Gasteiger partial charge on any atom is -0.508 e. The third-order valence-corrected chi connectivity index (χ3v) is 4.47. The van der Waals surface area contributed by atoms with E-state index in [2.05, 4.69) is 4.74 Å². The zero-order valence-corrected chi connectivity index (χ0v) is 13.8. The normalized spacial score (nSPS) is 10.8. The van der Waals surface area contributed by atoms with Crippen LogP contribution < -0.4 is 5.63 Å². The first-order valence-corrected chi connectivity index (χ1v) is 7.93. The highest BCUT2D eigenvalue weighted by Gasteiger charge is 2.17. The zero-order valence-electron chi connectivity index (χ0n) is 13.0. The maximum atomic E-state index is 12.0. The molecular formula is C18H14O5S. The summed E-state index contributed by atoms with van der Waals surface area (Å²) in [7, 11) is 1.19. The van der Waals surface area contributed by atoms with E-state index in [1.54, 1.807) is 0 Å². The Morgan fingerprint density at radius 2 is 1.88 bits per heavy atom. The fraction of sp³-hybridized carbons (Fsp3) is 0.111. The van der Waals surface area contributed by atoms with Crippen LogP contribution in [0.2, 0.25) is 0 Å². The minimum absolute atomic E-state index is 0.0155. The average Bonchev–Trinajstić information content (AvgIpc) is 2.56. The van der Waals surface area contributed by atoms with Crippen LogP contribution in [-0.4, -0.2) is 18.2 Å². The van der Waals surface area contributed by atoms with Crippen LogP contribution in [-0.2, 0) is 4.74 Å². The number of carbonyl (C=O) groups excluding carboxylic acids is 1. The number of phenolic OH excluding ortho intramolecular Hbond substituents is 1. The van der Waals surface area contributed by atoms with E-state index in [0.717, 1.165) is 10.5 Å². The van der Waals surface area contributed by atoms with Crippen molar-refractivity contribution >= 4 is 28.7 Å². The van der Waals surface area contributed by atoms with E-state index < -0.39 is 11.6 Å². The van der Waals surface area contributed by atoms with Gasteiger partial charge in [0.25, 0.3) is 0 Å². The number of hydrogen-bond acceptors (Lipinski definition) is 6. The van der Waals surface area contributed by atoms with Gasteiger partial charge in [0.15, 0.2) is 5.58 Å². The van der Waals surface area contributed by atoms with Crippen LogP contribution in [0, 0.1) is 6.92 Å². The third-order valence-electron chi connectivity index (χ3n) is 3.44. The average molecular weight is 342 g/mol. The van der Waals surface area contributed by atoms with Gasteiger partial charge in [0.1, 0.15) is 11.3 Å². The van der Waals surface area contributed by atoms with Gasteiger partial charge >= 0.3 is 11.6 Å². The van der Waals surface area contributed by atoms with Gasteiger partial charge in [0, 0.05) is 10.3 Å². The van der Waals surface area contributed by atoms with Crippen LogP contribution in [0.3, 0.4) is 0 Å². The number of benzene rings is 2. The summed E-state index contributed by atoms with van der Waals surface area (Å²) in [6, 6.07) is 12.1. The predicted molar refractivity (Wildman–Crippen MR) is 90.8 cm³/mol. The van der Waals surface area contributed by atoms with Crippen LogP contribution in [0.5, 0.6) is 5.75 Å². The van der Waals surface area contributed by atoms with Gasteiger partial charge in [0.2, 0.25) is 0 Å². The van der Waals surface area contributed by atoms with Gasteiger partial charge < -0.3 is 14.3 Å². The predicted octanol–water partition coefficient (Wildman–Crippen LogP) is 3.74. The Bertz CT molecular complexity index is 973. The Hall–Kier alpha value is -2.73. The van der Waals surface area contributed by atoms with Gasteiger partial charge in [-0.3, -0.25) is 0 Å². The smallest absolute Gasteiger partial charge is 0.351 e. The molecule has 2 aromatic carbocycles. The Morgan fingerprint density at radius 3 is 2.54 bits per heavy atom. The molecule has 0 fully saturated rings. The number of aromatic hydroxyl groups is 1. The number of rotatable bonds is 3. The molecule has 5 nitrogen and oxygen atoms in total. The lowest BCUT2D eigenvalue weighted by Crippen LogP contribution is -2.15. The first-order valence-electron chi connectivity index (χ1n) is 7.11. The molecule has 0 spiro atoms. The number of methoxy groups -OCH3 is 1. The Morgan fingerprint density at radius 1 is 1.17 bits per heavy atom. The molecule has 6 heteroatoms. The standard InChI is InChI=1S/C18H14O5S/c1-10-3-5-13(6-4-10)24-15-9-12(19)7-11-8-14(17(20)22-2)18(21)23-16(11)15/h3-9,19H,1-2H3. The molecule has 1 N–H and O–H groups in total. The molecule has 0 saturated carbocycles. The lowest BCUT2D eigenvalue weighted by atomic mass is 10.2. The van der Waals surface area contributed by atoms with Crippen molar-refractivity contribution in [3.63, 3.8) is 0 Å². The van der Waals surface area contributed by atoms with E-state index in [-0.39, 0.29) is 11.3 Å².